The molecule has 0 radical (unpaired) electrons. The summed E-state index contributed by atoms with van der Waals surface area (Å²) in [5.41, 5.74) is 3.74. The molecule has 0 atom stereocenters. The van der Waals surface area contributed by atoms with E-state index in [4.69, 9.17) is 4.98 Å². The molecule has 5 rings (SSSR count). The van der Waals surface area contributed by atoms with E-state index in [9.17, 15) is 0 Å². The first-order valence-electron chi connectivity index (χ1n) is 9.37. The third-order valence-corrected chi connectivity index (χ3v) is 9.02. The quantitative estimate of drug-likeness (QED) is 0.347. The molecule has 2 aromatic carbocycles. The molecule has 0 saturated carbocycles. The van der Waals surface area contributed by atoms with Crippen LogP contribution in [-0.2, 0) is 4.57 Å². The van der Waals surface area contributed by atoms with Crippen LogP contribution < -0.4 is 15.9 Å². The normalized spacial score (nSPS) is 11.9. The lowest BCUT2D eigenvalue weighted by molar-refractivity contribution is 0.592. The van der Waals surface area contributed by atoms with Gasteiger partial charge in [-0.05, 0) is 46.6 Å². The highest BCUT2D eigenvalue weighted by atomic mass is 79.9. The van der Waals surface area contributed by atoms with Gasteiger partial charge in [-0.1, -0.05) is 60.7 Å². The average Bonchev–Trinajstić information content (AvgIpc) is 3.26. The average molecular weight is 461 g/mol. The van der Waals surface area contributed by atoms with E-state index >= 15 is 4.57 Å². The van der Waals surface area contributed by atoms with Gasteiger partial charge in [0.1, 0.15) is 0 Å². The number of hydrogen-bond acceptors (Lipinski definition) is 2. The van der Waals surface area contributed by atoms with E-state index in [1.807, 2.05) is 85.9 Å². The number of aromatic nitrogens is 2. The van der Waals surface area contributed by atoms with Crippen molar-refractivity contribution in [2.45, 2.75) is 6.92 Å². The predicted molar refractivity (Wildman–Crippen MR) is 125 cm³/mol. The first-order chi connectivity index (χ1) is 14.1. The largest absolute Gasteiger partial charge is 0.315 e. The molecule has 5 heteroatoms. The van der Waals surface area contributed by atoms with Gasteiger partial charge >= 0.3 is 0 Å². The molecular formula is C24H18BrN2OP. The molecule has 0 aliphatic carbocycles. The number of rotatable bonds is 3. The Morgan fingerprint density at radius 3 is 2.10 bits per heavy atom. The maximum Gasteiger partial charge on any atom is 0.173 e. The maximum atomic E-state index is 15.0. The van der Waals surface area contributed by atoms with Gasteiger partial charge in [-0.15, -0.1) is 0 Å². The number of hydrogen-bond donors (Lipinski definition) is 0. The molecule has 0 saturated heterocycles. The first kappa shape index (κ1) is 18.4. The van der Waals surface area contributed by atoms with Crippen LogP contribution >= 0.6 is 23.1 Å². The van der Waals surface area contributed by atoms with Crippen LogP contribution in [0.3, 0.4) is 0 Å². The van der Waals surface area contributed by atoms with E-state index in [0.29, 0.717) is 0 Å². The van der Waals surface area contributed by atoms with Crippen LogP contribution in [0.15, 0.2) is 95.7 Å². The van der Waals surface area contributed by atoms with Crippen molar-refractivity contribution in [3.8, 4) is 0 Å². The zero-order valence-corrected chi connectivity index (χ0v) is 18.3. The molecule has 0 spiro atoms. The van der Waals surface area contributed by atoms with E-state index in [1.165, 1.54) is 0 Å². The molecule has 0 fully saturated rings. The third kappa shape index (κ3) is 2.78. The fourth-order valence-corrected chi connectivity index (χ4v) is 7.43. The van der Waals surface area contributed by atoms with Crippen LogP contribution in [-0.4, -0.2) is 9.38 Å². The van der Waals surface area contributed by atoms with Gasteiger partial charge in [-0.3, -0.25) is 4.98 Å². The zero-order valence-electron chi connectivity index (χ0n) is 15.8. The van der Waals surface area contributed by atoms with Crippen LogP contribution in [0.1, 0.15) is 5.56 Å². The lowest BCUT2D eigenvalue weighted by Gasteiger charge is -2.24. The molecule has 0 aliphatic rings. The summed E-state index contributed by atoms with van der Waals surface area (Å²) in [5, 5.41) is 2.44. The maximum absolute atomic E-state index is 15.0. The van der Waals surface area contributed by atoms with Crippen LogP contribution in [0.4, 0.5) is 0 Å². The van der Waals surface area contributed by atoms with Crippen LogP contribution in [0, 0.1) is 6.92 Å². The lowest BCUT2D eigenvalue weighted by atomic mass is 10.2. The van der Waals surface area contributed by atoms with Gasteiger partial charge in [0.2, 0.25) is 0 Å². The Morgan fingerprint density at radius 2 is 1.48 bits per heavy atom. The second-order valence-corrected chi connectivity index (χ2v) is 10.7. The molecule has 0 bridgehead atoms. The van der Waals surface area contributed by atoms with Gasteiger partial charge < -0.3 is 8.97 Å². The van der Waals surface area contributed by atoms with Gasteiger partial charge in [-0.2, -0.15) is 0 Å². The highest BCUT2D eigenvalue weighted by Gasteiger charge is 2.34. The van der Waals surface area contributed by atoms with Crippen LogP contribution in [0.25, 0.3) is 16.6 Å². The van der Waals surface area contributed by atoms with Gasteiger partial charge in [0.15, 0.2) is 7.14 Å². The Balaban J connectivity index is 2.00. The lowest BCUT2D eigenvalue weighted by Crippen LogP contribution is -2.28. The molecule has 3 heterocycles. The summed E-state index contributed by atoms with van der Waals surface area (Å²) in [6.07, 6.45) is 3.81. The van der Waals surface area contributed by atoms with Gasteiger partial charge in [-0.25, -0.2) is 0 Å². The van der Waals surface area contributed by atoms with Gasteiger partial charge in [0.25, 0.3) is 0 Å². The number of fused-ring (bicyclic) bond motifs is 3. The van der Waals surface area contributed by atoms with Crippen LogP contribution in [0.2, 0.25) is 0 Å². The van der Waals surface area contributed by atoms with Crippen molar-refractivity contribution in [3.63, 3.8) is 0 Å². The van der Waals surface area contributed by atoms with E-state index in [2.05, 4.69) is 26.4 Å². The zero-order chi connectivity index (χ0) is 20.0. The minimum absolute atomic E-state index is 0.769. The first-order valence-corrected chi connectivity index (χ1v) is 11.9. The Hall–Kier alpha value is -2.68. The summed E-state index contributed by atoms with van der Waals surface area (Å²) in [5.74, 6) is 0. The molecule has 0 aliphatic heterocycles. The number of nitrogens with zero attached hydrogens (tertiary/aromatic N) is 2. The van der Waals surface area contributed by atoms with Crippen molar-refractivity contribution in [2.75, 3.05) is 0 Å². The summed E-state index contributed by atoms with van der Waals surface area (Å²) < 4.78 is 18.1. The fourth-order valence-electron chi connectivity index (χ4n) is 4.06. The van der Waals surface area contributed by atoms with E-state index in [-0.39, 0.29) is 0 Å². The van der Waals surface area contributed by atoms with Gasteiger partial charge in [0.05, 0.1) is 16.3 Å². The van der Waals surface area contributed by atoms with E-state index in [1.54, 1.807) is 6.20 Å². The topological polar surface area (TPSA) is 34.4 Å². The summed E-state index contributed by atoms with van der Waals surface area (Å²) in [6.45, 7) is 2.05. The Morgan fingerprint density at radius 1 is 0.862 bits per heavy atom. The molecular weight excluding hydrogens is 443 g/mol. The predicted octanol–water partition coefficient (Wildman–Crippen LogP) is 5.20. The number of aryl methyl sites for hydroxylation is 1. The number of halogens is 1. The Kier molecular flexibility index (Phi) is 4.42. The second kappa shape index (κ2) is 6.98. The van der Waals surface area contributed by atoms with Crippen molar-refractivity contribution in [2.24, 2.45) is 0 Å². The second-order valence-electron chi connectivity index (χ2n) is 7.04. The molecule has 0 unspecified atom stereocenters. The summed E-state index contributed by atoms with van der Waals surface area (Å²) in [6, 6.07) is 25.7. The highest BCUT2D eigenvalue weighted by molar-refractivity contribution is 9.10. The van der Waals surface area contributed by atoms with Crippen molar-refractivity contribution < 1.29 is 4.57 Å². The number of pyridine rings is 2. The summed E-state index contributed by atoms with van der Waals surface area (Å²) >= 11 is 3.54. The van der Waals surface area contributed by atoms with E-state index in [0.717, 1.165) is 42.5 Å². The SMILES string of the molecule is Cc1c(P(=O)(c2ccccc2)c2ccccc2)c2ncc(Br)cc2n2cccc12. The monoisotopic (exact) mass is 460 g/mol. The van der Waals surface area contributed by atoms with Crippen molar-refractivity contribution in [3.05, 3.63) is 101 Å². The molecule has 29 heavy (non-hydrogen) atoms. The smallest absolute Gasteiger partial charge is 0.173 e. The molecule has 3 aromatic heterocycles. The standard InChI is InChI=1S/C24H18BrN2OP/c1-17-21-13-8-14-27(21)22-15-18(25)16-26-23(22)24(17)29(28,19-9-4-2-5-10-19)20-11-6-3-7-12-20/h2-16H,1H3. The van der Waals surface area contributed by atoms with Gasteiger partial charge in [0, 0.05) is 33.0 Å². The highest BCUT2D eigenvalue weighted by Crippen LogP contribution is 2.45. The third-order valence-electron chi connectivity index (χ3n) is 5.36. The molecule has 5 aromatic rings. The minimum atomic E-state index is -3.15. The fraction of sp³-hybridized carbons (Fsp3) is 0.0417. The molecule has 3 nitrogen and oxygen atoms in total. The Bertz CT molecular complexity index is 1350. The minimum Gasteiger partial charge on any atom is -0.315 e. The molecule has 142 valence electrons. The Labute approximate surface area is 177 Å². The molecule has 0 N–H and O–H groups in total. The van der Waals surface area contributed by atoms with Crippen molar-refractivity contribution in [1.29, 1.82) is 0 Å². The summed E-state index contributed by atoms with van der Waals surface area (Å²) in [4.78, 5) is 4.75. The van der Waals surface area contributed by atoms with Crippen LogP contribution in [0.5, 0.6) is 0 Å². The summed E-state index contributed by atoms with van der Waals surface area (Å²) in [7, 11) is -3.15. The van der Waals surface area contributed by atoms with Crippen molar-refractivity contribution >= 4 is 55.5 Å². The van der Waals surface area contributed by atoms with Crippen molar-refractivity contribution in [1.82, 2.24) is 9.38 Å². The van der Waals surface area contributed by atoms with E-state index < -0.39 is 7.14 Å². The number of benzene rings is 2. The molecule has 0 amide bonds.